The lowest BCUT2D eigenvalue weighted by Gasteiger charge is -2.39. The van der Waals surface area contributed by atoms with E-state index in [1.54, 1.807) is 25.1 Å². The van der Waals surface area contributed by atoms with Crippen molar-refractivity contribution in [2.45, 2.75) is 32.2 Å². The normalized spacial score (nSPS) is 25.7. The van der Waals surface area contributed by atoms with E-state index in [4.69, 9.17) is 16.9 Å². The lowest BCUT2D eigenvalue weighted by Crippen LogP contribution is -2.46. The van der Waals surface area contributed by atoms with Crippen LogP contribution in [0, 0.1) is 23.2 Å². The van der Waals surface area contributed by atoms with Crippen LogP contribution >= 0.6 is 11.6 Å². The van der Waals surface area contributed by atoms with E-state index >= 15 is 0 Å². The van der Waals surface area contributed by atoms with Crippen molar-refractivity contribution in [3.05, 3.63) is 34.3 Å². The molecule has 0 aromatic heterocycles. The Morgan fingerprint density at radius 1 is 1.33 bits per heavy atom. The van der Waals surface area contributed by atoms with Crippen LogP contribution in [0.1, 0.15) is 42.1 Å². The Morgan fingerprint density at radius 3 is 2.75 bits per heavy atom. The fourth-order valence-corrected chi connectivity index (χ4v) is 3.89. The number of carbonyl (C=O) groups is 2. The van der Waals surface area contributed by atoms with Crippen molar-refractivity contribution in [2.75, 3.05) is 13.1 Å². The van der Waals surface area contributed by atoms with Crippen molar-refractivity contribution >= 4 is 23.4 Å². The third-order valence-electron chi connectivity index (χ3n) is 5.09. The molecule has 1 aliphatic heterocycles. The molecule has 5 nitrogen and oxygen atoms in total. The van der Waals surface area contributed by atoms with Crippen molar-refractivity contribution < 1.29 is 9.59 Å². The van der Waals surface area contributed by atoms with Crippen LogP contribution in [0.3, 0.4) is 0 Å². The van der Waals surface area contributed by atoms with Crippen LogP contribution in [-0.4, -0.2) is 35.8 Å². The van der Waals surface area contributed by atoms with Gasteiger partial charge >= 0.3 is 0 Å². The van der Waals surface area contributed by atoms with Crippen molar-refractivity contribution in [3.8, 4) is 6.07 Å². The summed E-state index contributed by atoms with van der Waals surface area (Å²) in [4.78, 5) is 25.5. The lowest BCUT2D eigenvalue weighted by atomic mass is 9.72. The van der Waals surface area contributed by atoms with Gasteiger partial charge in [0.2, 0.25) is 5.91 Å². The lowest BCUT2D eigenvalue weighted by molar-refractivity contribution is -0.120. The van der Waals surface area contributed by atoms with Gasteiger partial charge in [-0.15, -0.1) is 0 Å². The Balaban J connectivity index is 1.57. The number of nitrogens with zero attached hydrogens (tertiary/aromatic N) is 2. The van der Waals surface area contributed by atoms with Gasteiger partial charge in [0.15, 0.2) is 0 Å². The van der Waals surface area contributed by atoms with Crippen molar-refractivity contribution in [1.82, 2.24) is 10.2 Å². The molecule has 1 aromatic carbocycles. The second kappa shape index (κ2) is 6.82. The predicted molar refractivity (Wildman–Crippen MR) is 90.5 cm³/mol. The second-order valence-corrected chi connectivity index (χ2v) is 7.14. The van der Waals surface area contributed by atoms with Crippen molar-refractivity contribution in [1.29, 1.82) is 5.26 Å². The van der Waals surface area contributed by atoms with Crippen LogP contribution in [0.25, 0.3) is 0 Å². The minimum Gasteiger partial charge on any atom is -0.354 e. The van der Waals surface area contributed by atoms with Crippen LogP contribution < -0.4 is 5.32 Å². The van der Waals surface area contributed by atoms with Crippen LogP contribution in [-0.2, 0) is 4.79 Å². The highest BCUT2D eigenvalue weighted by Gasteiger charge is 2.39. The number of halogens is 1. The summed E-state index contributed by atoms with van der Waals surface area (Å²) < 4.78 is 0. The van der Waals surface area contributed by atoms with Crippen LogP contribution in [0.15, 0.2) is 18.2 Å². The highest BCUT2D eigenvalue weighted by molar-refractivity contribution is 6.31. The maximum absolute atomic E-state index is 12.6. The average molecular weight is 346 g/mol. The Labute approximate surface area is 146 Å². The summed E-state index contributed by atoms with van der Waals surface area (Å²) in [6.07, 6.45) is 3.01. The topological polar surface area (TPSA) is 73.2 Å². The first-order valence-electron chi connectivity index (χ1n) is 8.24. The maximum Gasteiger partial charge on any atom is 0.253 e. The number of hydrogen-bond acceptors (Lipinski definition) is 3. The molecule has 3 rings (SSSR count). The molecule has 0 bridgehead atoms. The fraction of sp³-hybridized carbons (Fsp3) is 0.500. The number of hydrogen-bond donors (Lipinski definition) is 1. The number of amides is 2. The molecule has 0 spiro atoms. The molecule has 0 radical (unpaired) electrons. The quantitative estimate of drug-likeness (QED) is 0.915. The molecule has 1 atom stereocenters. The summed E-state index contributed by atoms with van der Waals surface area (Å²) in [5.41, 5.74) is 0.844. The zero-order valence-corrected chi connectivity index (χ0v) is 14.3. The summed E-state index contributed by atoms with van der Waals surface area (Å²) in [5.74, 6) is 1.07. The van der Waals surface area contributed by atoms with Gasteiger partial charge in [0, 0.05) is 31.6 Å². The molecule has 2 amide bonds. The van der Waals surface area contributed by atoms with E-state index < -0.39 is 0 Å². The van der Waals surface area contributed by atoms with Crippen LogP contribution in [0.5, 0.6) is 0 Å². The minimum atomic E-state index is -0.0385. The van der Waals surface area contributed by atoms with E-state index in [9.17, 15) is 9.59 Å². The predicted octanol–water partition coefficient (Wildman–Crippen LogP) is 2.59. The third kappa shape index (κ3) is 3.39. The van der Waals surface area contributed by atoms with E-state index in [-0.39, 0.29) is 11.8 Å². The zero-order valence-electron chi connectivity index (χ0n) is 13.6. The number of nitriles is 1. The number of nitrogens with one attached hydrogen (secondary N) is 1. The van der Waals surface area contributed by atoms with Gasteiger partial charge < -0.3 is 10.2 Å². The standard InChI is InChI=1S/C18H20ClN3O2/c1-11(23)21-16-7-14(8-16)13-4-5-22(10-13)18(24)12-2-3-17(19)15(6-12)9-20/h2-3,6,13-14,16H,4-5,7-8,10H2,1H3,(H,21,23). The number of carbonyl (C=O) groups excluding carboxylic acids is 2. The summed E-state index contributed by atoms with van der Waals surface area (Å²) in [6, 6.07) is 7.15. The van der Waals surface area contributed by atoms with E-state index in [1.807, 2.05) is 11.0 Å². The molecule has 1 aliphatic carbocycles. The van der Waals surface area contributed by atoms with E-state index in [0.29, 0.717) is 34.0 Å². The Kier molecular flexibility index (Phi) is 4.77. The number of likely N-dealkylation sites (tertiary alicyclic amines) is 1. The maximum atomic E-state index is 12.6. The van der Waals surface area contributed by atoms with E-state index in [2.05, 4.69) is 5.32 Å². The van der Waals surface area contributed by atoms with E-state index in [0.717, 1.165) is 32.4 Å². The smallest absolute Gasteiger partial charge is 0.253 e. The van der Waals surface area contributed by atoms with Gasteiger partial charge in [0.05, 0.1) is 10.6 Å². The monoisotopic (exact) mass is 345 g/mol. The molecule has 1 saturated heterocycles. The average Bonchev–Trinajstić information content (AvgIpc) is 2.99. The first-order valence-corrected chi connectivity index (χ1v) is 8.61. The molecular weight excluding hydrogens is 326 g/mol. The summed E-state index contributed by atoms with van der Waals surface area (Å²) >= 11 is 5.92. The number of benzene rings is 1. The van der Waals surface area contributed by atoms with Gasteiger partial charge in [-0.3, -0.25) is 9.59 Å². The molecule has 1 N–H and O–H groups in total. The molecule has 1 aromatic rings. The molecule has 6 heteroatoms. The zero-order chi connectivity index (χ0) is 17.3. The van der Waals surface area contributed by atoms with Gasteiger partial charge in [-0.1, -0.05) is 11.6 Å². The fourth-order valence-electron chi connectivity index (χ4n) is 3.74. The molecule has 24 heavy (non-hydrogen) atoms. The molecule has 2 fully saturated rings. The van der Waals surface area contributed by atoms with Crippen LogP contribution in [0.4, 0.5) is 0 Å². The first kappa shape index (κ1) is 16.8. The molecule has 2 aliphatic rings. The Bertz CT molecular complexity index is 707. The third-order valence-corrected chi connectivity index (χ3v) is 5.42. The molecule has 1 heterocycles. The highest BCUT2D eigenvalue weighted by atomic mass is 35.5. The summed E-state index contributed by atoms with van der Waals surface area (Å²) in [6.45, 7) is 3.04. The highest BCUT2D eigenvalue weighted by Crippen LogP contribution is 2.38. The molecular formula is C18H20ClN3O2. The Hall–Kier alpha value is -2.06. The van der Waals surface area contributed by atoms with Crippen molar-refractivity contribution in [2.24, 2.45) is 11.8 Å². The van der Waals surface area contributed by atoms with Crippen molar-refractivity contribution in [3.63, 3.8) is 0 Å². The molecule has 1 unspecified atom stereocenters. The Morgan fingerprint density at radius 2 is 2.08 bits per heavy atom. The molecule has 126 valence electrons. The SMILES string of the molecule is CC(=O)NC1CC(C2CCN(C(=O)c3ccc(Cl)c(C#N)c3)C2)C1. The largest absolute Gasteiger partial charge is 0.354 e. The minimum absolute atomic E-state index is 0.0257. The molecule has 1 saturated carbocycles. The van der Waals surface area contributed by atoms with E-state index in [1.165, 1.54) is 0 Å². The second-order valence-electron chi connectivity index (χ2n) is 6.74. The van der Waals surface area contributed by atoms with Crippen LogP contribution in [0.2, 0.25) is 5.02 Å². The van der Waals surface area contributed by atoms with Gasteiger partial charge in [0.1, 0.15) is 6.07 Å². The van der Waals surface area contributed by atoms with Gasteiger partial charge in [-0.05, 0) is 49.3 Å². The van der Waals surface area contributed by atoms with Gasteiger partial charge in [0.25, 0.3) is 5.91 Å². The number of rotatable bonds is 3. The first-order chi connectivity index (χ1) is 11.5. The summed E-state index contributed by atoms with van der Waals surface area (Å²) in [7, 11) is 0. The summed E-state index contributed by atoms with van der Waals surface area (Å²) in [5, 5.41) is 12.4. The van der Waals surface area contributed by atoms with Gasteiger partial charge in [-0.25, -0.2) is 0 Å². The van der Waals surface area contributed by atoms with Gasteiger partial charge in [-0.2, -0.15) is 5.26 Å².